The average Bonchev–Trinajstić information content (AvgIpc) is 2.44. The molecule has 2 nitrogen and oxygen atoms in total. The monoisotopic (exact) mass is 270 g/mol. The van der Waals surface area contributed by atoms with Crippen LogP contribution in [-0.4, -0.2) is 12.1 Å². The second-order valence-corrected chi connectivity index (χ2v) is 7.54. The van der Waals surface area contributed by atoms with Crippen molar-refractivity contribution >= 4 is 0 Å². The van der Waals surface area contributed by atoms with E-state index in [0.717, 1.165) is 17.8 Å². The zero-order valence-electron chi connectivity index (χ0n) is 12.2. The molecule has 0 spiro atoms. The highest BCUT2D eigenvalue weighted by Crippen LogP contribution is 2.56. The molecule has 0 amide bonds. The number of rotatable bonds is 4. The van der Waals surface area contributed by atoms with Crippen LogP contribution in [0, 0.1) is 17.8 Å². The number of nitrogens with one attached hydrogen (secondary N) is 1. The van der Waals surface area contributed by atoms with Crippen LogP contribution < -0.4 is 11.1 Å². The van der Waals surface area contributed by atoms with Gasteiger partial charge in [0, 0.05) is 18.1 Å². The van der Waals surface area contributed by atoms with E-state index in [-0.39, 0.29) is 0 Å². The molecule has 4 saturated carbocycles. The molecule has 1 aromatic carbocycles. The van der Waals surface area contributed by atoms with Crippen molar-refractivity contribution < 1.29 is 0 Å². The molecule has 1 atom stereocenters. The quantitative estimate of drug-likeness (QED) is 0.881. The number of hydrogen-bond acceptors (Lipinski definition) is 2. The molecule has 0 heterocycles. The van der Waals surface area contributed by atoms with Crippen molar-refractivity contribution in [3.8, 4) is 0 Å². The molecular formula is C18H26N2. The van der Waals surface area contributed by atoms with Gasteiger partial charge in [0.2, 0.25) is 0 Å². The van der Waals surface area contributed by atoms with Gasteiger partial charge in [0.05, 0.1) is 0 Å². The van der Waals surface area contributed by atoms with Gasteiger partial charge in [-0.05, 0) is 61.8 Å². The lowest BCUT2D eigenvalue weighted by atomic mass is 9.53. The van der Waals surface area contributed by atoms with E-state index in [2.05, 4.69) is 35.6 Å². The Labute approximate surface area is 122 Å². The van der Waals surface area contributed by atoms with E-state index in [1.54, 1.807) is 0 Å². The normalized spacial score (nSPS) is 40.0. The van der Waals surface area contributed by atoms with Gasteiger partial charge in [0.15, 0.2) is 0 Å². The van der Waals surface area contributed by atoms with E-state index in [1.807, 2.05) is 0 Å². The second-order valence-electron chi connectivity index (χ2n) is 7.54. The maximum atomic E-state index is 6.07. The van der Waals surface area contributed by atoms with Gasteiger partial charge in [0.25, 0.3) is 0 Å². The summed E-state index contributed by atoms with van der Waals surface area (Å²) >= 11 is 0. The van der Waals surface area contributed by atoms with Crippen LogP contribution >= 0.6 is 0 Å². The average molecular weight is 270 g/mol. The Morgan fingerprint density at radius 1 is 1.00 bits per heavy atom. The molecule has 0 aromatic heterocycles. The van der Waals surface area contributed by atoms with E-state index < -0.39 is 0 Å². The van der Waals surface area contributed by atoms with Crippen LogP contribution in [0.5, 0.6) is 0 Å². The van der Waals surface area contributed by atoms with Crippen LogP contribution in [0.4, 0.5) is 0 Å². The zero-order valence-corrected chi connectivity index (χ0v) is 12.2. The Morgan fingerprint density at radius 3 is 2.05 bits per heavy atom. The Morgan fingerprint density at radius 2 is 1.55 bits per heavy atom. The van der Waals surface area contributed by atoms with Crippen LogP contribution in [-0.2, 0) is 0 Å². The highest BCUT2D eigenvalue weighted by Gasteiger charge is 2.51. The highest BCUT2D eigenvalue weighted by atomic mass is 15.0. The largest absolute Gasteiger partial charge is 0.329 e. The molecule has 3 N–H and O–H groups in total. The third-order valence-electron chi connectivity index (χ3n) is 5.96. The molecule has 1 aromatic rings. The van der Waals surface area contributed by atoms with Gasteiger partial charge in [-0.2, -0.15) is 0 Å². The summed E-state index contributed by atoms with van der Waals surface area (Å²) in [5, 5.41) is 4.00. The van der Waals surface area contributed by atoms with E-state index >= 15 is 0 Å². The fourth-order valence-corrected chi connectivity index (χ4v) is 5.62. The van der Waals surface area contributed by atoms with Crippen LogP contribution in [0.15, 0.2) is 30.3 Å². The van der Waals surface area contributed by atoms with Crippen LogP contribution in [0.1, 0.15) is 50.1 Å². The number of hydrogen-bond donors (Lipinski definition) is 2. The summed E-state index contributed by atoms with van der Waals surface area (Å²) in [6.07, 6.45) is 8.67. The van der Waals surface area contributed by atoms with Crippen LogP contribution in [0.2, 0.25) is 0 Å². The van der Waals surface area contributed by atoms with E-state index in [9.17, 15) is 0 Å². The Kier molecular flexibility index (Phi) is 3.12. The lowest BCUT2D eigenvalue weighted by Crippen LogP contribution is -2.59. The summed E-state index contributed by atoms with van der Waals surface area (Å²) in [7, 11) is 0. The molecule has 5 rings (SSSR count). The van der Waals surface area contributed by atoms with E-state index in [1.165, 1.54) is 44.1 Å². The van der Waals surface area contributed by atoms with Gasteiger partial charge in [-0.1, -0.05) is 30.3 Å². The lowest BCUT2D eigenvalue weighted by molar-refractivity contribution is -0.0250. The Bertz CT molecular complexity index is 432. The van der Waals surface area contributed by atoms with Gasteiger partial charge in [0.1, 0.15) is 0 Å². The molecule has 4 fully saturated rings. The van der Waals surface area contributed by atoms with Gasteiger partial charge in [-0.25, -0.2) is 0 Å². The minimum Gasteiger partial charge on any atom is -0.329 e. The van der Waals surface area contributed by atoms with Gasteiger partial charge < -0.3 is 11.1 Å². The summed E-state index contributed by atoms with van der Waals surface area (Å²) in [4.78, 5) is 0. The van der Waals surface area contributed by atoms with Crippen LogP contribution in [0.3, 0.4) is 0 Å². The fourth-order valence-electron chi connectivity index (χ4n) is 5.62. The third-order valence-corrected chi connectivity index (χ3v) is 5.96. The molecule has 20 heavy (non-hydrogen) atoms. The van der Waals surface area contributed by atoms with Crippen molar-refractivity contribution in [1.82, 2.24) is 5.32 Å². The predicted octanol–water partition coefficient (Wildman–Crippen LogP) is 3.24. The summed E-state index contributed by atoms with van der Waals surface area (Å²) < 4.78 is 0. The van der Waals surface area contributed by atoms with Crippen LogP contribution in [0.25, 0.3) is 0 Å². The number of nitrogens with two attached hydrogens (primary N) is 1. The van der Waals surface area contributed by atoms with Gasteiger partial charge in [-0.3, -0.25) is 0 Å². The minimum atomic E-state index is 0.326. The van der Waals surface area contributed by atoms with Crippen molar-refractivity contribution in [2.45, 2.75) is 50.1 Å². The molecule has 4 aliphatic carbocycles. The van der Waals surface area contributed by atoms with Crippen molar-refractivity contribution in [1.29, 1.82) is 0 Å². The first-order valence-electron chi connectivity index (χ1n) is 8.29. The highest BCUT2D eigenvalue weighted by molar-refractivity contribution is 5.21. The topological polar surface area (TPSA) is 38.0 Å². The lowest BCUT2D eigenvalue weighted by Gasteiger charge is -2.58. The summed E-state index contributed by atoms with van der Waals surface area (Å²) in [6.45, 7) is 0.700. The standard InChI is InChI=1S/C18H26N2/c19-12-17(16-4-2-1-3-5-16)20-18-9-13-6-14(10-18)8-15(7-13)11-18/h1-5,13-15,17,20H,6-12,19H2. The molecule has 4 aliphatic rings. The van der Waals surface area contributed by atoms with Crippen molar-refractivity contribution in [3.05, 3.63) is 35.9 Å². The molecular weight excluding hydrogens is 244 g/mol. The van der Waals surface area contributed by atoms with Crippen molar-refractivity contribution in [2.24, 2.45) is 23.5 Å². The molecule has 4 bridgehead atoms. The molecule has 108 valence electrons. The smallest absolute Gasteiger partial charge is 0.0448 e. The van der Waals surface area contributed by atoms with E-state index in [0.29, 0.717) is 18.1 Å². The van der Waals surface area contributed by atoms with Crippen molar-refractivity contribution in [2.75, 3.05) is 6.54 Å². The summed E-state index contributed by atoms with van der Waals surface area (Å²) in [5.41, 5.74) is 7.82. The maximum absolute atomic E-state index is 6.07. The maximum Gasteiger partial charge on any atom is 0.0448 e. The number of benzene rings is 1. The fraction of sp³-hybridized carbons (Fsp3) is 0.667. The SMILES string of the molecule is NCC(NC12CC3CC(CC(C3)C1)C2)c1ccccc1. The van der Waals surface area contributed by atoms with Gasteiger partial charge in [-0.15, -0.1) is 0 Å². The minimum absolute atomic E-state index is 0.326. The van der Waals surface area contributed by atoms with Gasteiger partial charge >= 0.3 is 0 Å². The molecule has 1 unspecified atom stereocenters. The summed E-state index contributed by atoms with van der Waals surface area (Å²) in [6, 6.07) is 11.1. The Hall–Kier alpha value is -0.860. The molecule has 2 heteroatoms. The Balaban J connectivity index is 1.55. The van der Waals surface area contributed by atoms with E-state index in [4.69, 9.17) is 5.73 Å². The van der Waals surface area contributed by atoms with Crippen molar-refractivity contribution in [3.63, 3.8) is 0 Å². The second kappa shape index (κ2) is 4.85. The molecule has 0 radical (unpaired) electrons. The summed E-state index contributed by atoms with van der Waals surface area (Å²) in [5.74, 6) is 2.97. The molecule has 0 saturated heterocycles. The first kappa shape index (κ1) is 12.8. The third kappa shape index (κ3) is 2.19. The predicted molar refractivity (Wildman–Crippen MR) is 82.3 cm³/mol. The molecule has 0 aliphatic heterocycles. The first-order valence-corrected chi connectivity index (χ1v) is 8.29. The zero-order chi connectivity index (χ0) is 13.6. The first-order chi connectivity index (χ1) is 9.76.